The second-order valence-corrected chi connectivity index (χ2v) is 30.3. The molecule has 0 heterocycles. The van der Waals surface area contributed by atoms with Gasteiger partial charge in [-0.25, -0.2) is 0 Å². The van der Waals surface area contributed by atoms with Crippen LogP contribution in [0.15, 0.2) is 0 Å². The van der Waals surface area contributed by atoms with Gasteiger partial charge >= 0.3 is 0 Å². The number of nitrogens with one attached hydrogen (secondary N) is 2. The number of fused-ring (bicyclic) bond motifs is 10. The number of nitriles is 1. The Morgan fingerprint density at radius 3 is 1.61 bits per heavy atom. The minimum absolute atomic E-state index is 0.000646. The van der Waals surface area contributed by atoms with Crippen molar-refractivity contribution in [3.05, 3.63) is 0 Å². The quantitative estimate of drug-likeness (QED) is 0.0560. The molecule has 8 aliphatic carbocycles. The Kier molecular flexibility index (Phi) is 19.0. The normalized spacial score (nSPS) is 43.9. The van der Waals surface area contributed by atoms with Gasteiger partial charge in [0.15, 0.2) is 8.32 Å². The van der Waals surface area contributed by atoms with Crippen molar-refractivity contribution < 1.29 is 34.1 Å². The number of carbonyl (C=O) groups is 2. The second-order valence-electron chi connectivity index (χ2n) is 26.0. The van der Waals surface area contributed by atoms with Gasteiger partial charge in [0.1, 0.15) is 6.61 Å². The molecule has 0 bridgehead atoms. The Morgan fingerprint density at radius 2 is 1.14 bits per heavy atom. The molecular formula is C57H102N4O7Si. The molecule has 8 fully saturated rings. The van der Waals surface area contributed by atoms with Gasteiger partial charge in [-0.2, -0.15) is 5.26 Å². The van der Waals surface area contributed by atoms with Crippen LogP contribution in [-0.2, 0) is 18.8 Å². The standard InChI is InChI=1S/C31H54N2O4Si.C25H43NO3.CH5N/c1-21(8-13-29(35)33-4)25-11-12-26-24-10-9-22-18-23(37-38(5,6)17-7-16-36-20-32)14-15-30(22,2)27(24)19-28(34)31(25,26)3;1-15(5-10-23(29)26-4)19-8-9-20-18-7-6-16-13-17(27)11-12-24(16,2)21(18)14-22(28)25(19,20)3;1-2/h21-28,34H,7-19H2,1-6H3,(H,33,35);15-22,27-28H,5-14H2,1-4H3,(H,26,29);2H2,1H3/t21-,22-,23-,24+,25-,26+,27+,28+,30+,31-;15-,16-,17-,18+,19-,20+,21+,22+,24+,25-;/m11./s1. The van der Waals surface area contributed by atoms with Crippen LogP contribution in [0.3, 0.4) is 0 Å². The molecule has 0 spiro atoms. The van der Waals surface area contributed by atoms with Crippen molar-refractivity contribution in [1.29, 1.82) is 5.26 Å². The van der Waals surface area contributed by atoms with Crippen LogP contribution >= 0.6 is 0 Å². The third-order valence-corrected chi connectivity index (χ3v) is 25.3. The van der Waals surface area contributed by atoms with Crippen LogP contribution in [0.1, 0.15) is 176 Å². The molecule has 396 valence electrons. The fourth-order valence-corrected chi connectivity index (χ4v) is 21.1. The Labute approximate surface area is 420 Å². The lowest BCUT2D eigenvalue weighted by atomic mass is 9.43. The monoisotopic (exact) mass is 983 g/mol. The number of carbonyl (C=O) groups excluding carboxylic acids is 2. The summed E-state index contributed by atoms with van der Waals surface area (Å²) in [6, 6.07) is 1.03. The molecule has 0 unspecified atom stereocenters. The number of nitrogens with two attached hydrogens (primary N) is 1. The fourth-order valence-electron chi connectivity index (χ4n) is 18.9. The largest absolute Gasteiger partial charge is 0.428 e. The maximum Gasteiger partial charge on any atom is 0.286 e. The first kappa shape index (κ1) is 56.5. The average molecular weight is 984 g/mol. The summed E-state index contributed by atoms with van der Waals surface area (Å²) in [6.45, 7) is 19.6. The van der Waals surface area contributed by atoms with E-state index in [-0.39, 0.29) is 41.0 Å². The molecule has 8 saturated carbocycles. The van der Waals surface area contributed by atoms with Gasteiger partial charge in [0.2, 0.25) is 11.8 Å². The molecule has 7 N–H and O–H groups in total. The van der Waals surface area contributed by atoms with Crippen LogP contribution in [0.4, 0.5) is 0 Å². The molecule has 0 aromatic carbocycles. The van der Waals surface area contributed by atoms with E-state index < -0.39 is 8.32 Å². The lowest BCUT2D eigenvalue weighted by Crippen LogP contribution is -2.59. The van der Waals surface area contributed by atoms with Crippen molar-refractivity contribution in [3.63, 3.8) is 0 Å². The maximum absolute atomic E-state index is 11.9. The summed E-state index contributed by atoms with van der Waals surface area (Å²) in [5, 5.41) is 47.7. The van der Waals surface area contributed by atoms with E-state index in [9.17, 15) is 24.9 Å². The lowest BCUT2D eigenvalue weighted by Gasteiger charge is -2.62. The van der Waals surface area contributed by atoms with E-state index in [2.05, 4.69) is 71.0 Å². The molecule has 0 aromatic heterocycles. The highest BCUT2D eigenvalue weighted by Gasteiger charge is 2.65. The van der Waals surface area contributed by atoms with Gasteiger partial charge < -0.3 is 40.8 Å². The van der Waals surface area contributed by atoms with Crippen molar-refractivity contribution in [2.75, 3.05) is 27.7 Å². The van der Waals surface area contributed by atoms with E-state index in [1.165, 1.54) is 71.3 Å². The smallest absolute Gasteiger partial charge is 0.286 e. The topological polar surface area (TPSA) is 187 Å². The minimum atomic E-state index is -1.78. The van der Waals surface area contributed by atoms with Gasteiger partial charge in [0.25, 0.3) is 6.26 Å². The first-order valence-corrected chi connectivity index (χ1v) is 31.5. The summed E-state index contributed by atoms with van der Waals surface area (Å²) in [4.78, 5) is 23.7. The van der Waals surface area contributed by atoms with Crippen molar-refractivity contribution in [1.82, 2.24) is 10.6 Å². The summed E-state index contributed by atoms with van der Waals surface area (Å²) in [7, 11) is 3.15. The van der Waals surface area contributed by atoms with Crippen molar-refractivity contribution in [2.45, 2.75) is 220 Å². The summed E-state index contributed by atoms with van der Waals surface area (Å²) in [5.41, 5.74) is 5.09. The lowest BCUT2D eigenvalue weighted by molar-refractivity contribution is -0.174. The second kappa shape index (κ2) is 23.2. The molecule has 0 aromatic rings. The number of hydrogen-bond acceptors (Lipinski definition) is 9. The van der Waals surface area contributed by atoms with E-state index in [0.717, 1.165) is 75.7 Å². The summed E-state index contributed by atoms with van der Waals surface area (Å²) >= 11 is 0. The summed E-state index contributed by atoms with van der Waals surface area (Å²) < 4.78 is 11.7. The molecule has 12 heteroatoms. The highest BCUT2D eigenvalue weighted by atomic mass is 28.4. The van der Waals surface area contributed by atoms with E-state index >= 15 is 0 Å². The summed E-state index contributed by atoms with van der Waals surface area (Å²) in [6.07, 6.45) is 24.0. The molecule has 11 nitrogen and oxygen atoms in total. The predicted molar refractivity (Wildman–Crippen MR) is 278 cm³/mol. The van der Waals surface area contributed by atoms with Gasteiger partial charge in [-0.1, -0.05) is 41.5 Å². The number of ether oxygens (including phenoxy) is 1. The average Bonchev–Trinajstić information content (AvgIpc) is 3.89. The number of aliphatic hydroxyl groups excluding tert-OH is 3. The molecule has 69 heavy (non-hydrogen) atoms. The molecule has 0 radical (unpaired) electrons. The number of hydrogen-bond donors (Lipinski definition) is 6. The Morgan fingerprint density at radius 1 is 0.681 bits per heavy atom. The van der Waals surface area contributed by atoms with Gasteiger partial charge in [-0.15, -0.1) is 0 Å². The van der Waals surface area contributed by atoms with Crippen LogP contribution < -0.4 is 16.4 Å². The van der Waals surface area contributed by atoms with Crippen molar-refractivity contribution >= 4 is 20.1 Å². The van der Waals surface area contributed by atoms with Gasteiger partial charge in [0, 0.05) is 33.0 Å². The zero-order valence-electron chi connectivity index (χ0n) is 45.5. The van der Waals surface area contributed by atoms with Crippen LogP contribution in [0.25, 0.3) is 0 Å². The van der Waals surface area contributed by atoms with Crippen molar-refractivity contribution in [3.8, 4) is 6.26 Å². The van der Waals surface area contributed by atoms with Gasteiger partial charge in [-0.05, 0) is 241 Å². The van der Waals surface area contributed by atoms with E-state index in [4.69, 9.17) is 14.4 Å². The zero-order valence-corrected chi connectivity index (χ0v) is 46.5. The number of rotatable bonds is 14. The third kappa shape index (κ3) is 11.2. The number of amides is 2. The molecule has 0 aliphatic heterocycles. The SMILES string of the molecule is CN.CNC(=O)CC[C@@H](C)[C@H]1CC[C@H]2[C@@H]3CC[C@@H]4C[C@H](O)CC[C@]4(C)[C@H]3C[C@H](O)[C@]12C.CNC(=O)CC[C@@H](C)[C@H]1CC[C@H]2[C@@H]3CC[C@@H]4C[C@H](O[Si](C)(C)CCCOC#N)CC[C@]4(C)[C@H]3C[C@H](O)[C@]12C. The van der Waals surface area contributed by atoms with Gasteiger partial charge in [0.05, 0.1) is 18.3 Å². The van der Waals surface area contributed by atoms with Crippen LogP contribution in [0, 0.1) is 104 Å². The first-order valence-electron chi connectivity index (χ1n) is 28.4. The molecule has 20 atom stereocenters. The third-order valence-electron chi connectivity index (χ3n) is 22.8. The van der Waals surface area contributed by atoms with Gasteiger partial charge in [-0.3, -0.25) is 9.59 Å². The van der Waals surface area contributed by atoms with Crippen LogP contribution in [0.2, 0.25) is 19.1 Å². The molecule has 8 rings (SSSR count). The number of aliphatic hydroxyl groups is 3. The van der Waals surface area contributed by atoms with E-state index in [0.29, 0.717) is 95.6 Å². The minimum Gasteiger partial charge on any atom is -0.428 e. The highest BCUT2D eigenvalue weighted by Crippen LogP contribution is 2.70. The Balaban J connectivity index is 0.000000226. The molecule has 0 saturated heterocycles. The Bertz CT molecular complexity index is 1750. The number of nitrogens with zero attached hydrogens (tertiary/aromatic N) is 1. The van der Waals surface area contributed by atoms with Crippen LogP contribution in [-0.4, -0.2) is 87.6 Å². The Hall–Kier alpha value is -1.75. The molecule has 8 aliphatic rings. The van der Waals surface area contributed by atoms with Crippen molar-refractivity contribution in [2.24, 2.45) is 98.4 Å². The zero-order chi connectivity index (χ0) is 50.7. The first-order chi connectivity index (χ1) is 32.7. The maximum atomic E-state index is 11.9. The summed E-state index contributed by atoms with van der Waals surface area (Å²) in [5.74, 6) is 7.47. The molecular weight excluding hydrogens is 881 g/mol. The molecule has 2 amide bonds. The fraction of sp³-hybridized carbons (Fsp3) is 0.947. The highest BCUT2D eigenvalue weighted by molar-refractivity contribution is 6.71. The van der Waals surface area contributed by atoms with E-state index in [1.807, 2.05) is 0 Å². The van der Waals surface area contributed by atoms with Crippen LogP contribution in [0.5, 0.6) is 0 Å². The van der Waals surface area contributed by atoms with E-state index in [1.54, 1.807) is 20.4 Å². The predicted octanol–water partition coefficient (Wildman–Crippen LogP) is 9.97.